The predicted molar refractivity (Wildman–Crippen MR) is 97.8 cm³/mol. The molecule has 1 fully saturated rings. The quantitative estimate of drug-likeness (QED) is 0.604. The lowest BCUT2D eigenvalue weighted by Crippen LogP contribution is -2.46. The highest BCUT2D eigenvalue weighted by Gasteiger charge is 2.38. The molecule has 1 aliphatic heterocycles. The molecule has 2 atom stereocenters. The third-order valence-corrected chi connectivity index (χ3v) is 5.33. The SMILES string of the molecule is O=[N+]([O-])c1ccc(O[C@H]2c3ccccc3C[C@@H]2N2CCOCC2)c(Cl)c1. The molecule has 6 nitrogen and oxygen atoms in total. The van der Waals surface area contributed by atoms with E-state index in [1.54, 1.807) is 6.07 Å². The number of hydrogen-bond donors (Lipinski definition) is 0. The van der Waals surface area contributed by atoms with E-state index in [1.165, 1.54) is 17.7 Å². The van der Waals surface area contributed by atoms with Crippen LogP contribution >= 0.6 is 11.6 Å². The number of halogens is 1. The number of non-ortho nitro benzene ring substituents is 1. The third kappa shape index (κ3) is 3.28. The molecular weight excluding hydrogens is 356 g/mol. The van der Waals surface area contributed by atoms with E-state index in [2.05, 4.69) is 17.0 Å². The van der Waals surface area contributed by atoms with Crippen LogP contribution in [-0.2, 0) is 11.2 Å². The van der Waals surface area contributed by atoms with Crippen molar-refractivity contribution in [3.63, 3.8) is 0 Å². The molecule has 0 bridgehead atoms. The molecule has 0 radical (unpaired) electrons. The van der Waals surface area contributed by atoms with E-state index in [9.17, 15) is 10.1 Å². The highest BCUT2D eigenvalue weighted by Crippen LogP contribution is 2.40. The van der Waals surface area contributed by atoms with Crippen molar-refractivity contribution in [2.75, 3.05) is 26.3 Å². The summed E-state index contributed by atoms with van der Waals surface area (Å²) in [7, 11) is 0. The van der Waals surface area contributed by atoms with Crippen LogP contribution in [0.15, 0.2) is 42.5 Å². The van der Waals surface area contributed by atoms with Gasteiger partial charge in [-0.15, -0.1) is 0 Å². The number of ether oxygens (including phenoxy) is 2. The minimum Gasteiger partial charge on any atom is -0.482 e. The second-order valence-corrected chi connectivity index (χ2v) is 6.94. The van der Waals surface area contributed by atoms with Crippen LogP contribution in [-0.4, -0.2) is 42.2 Å². The standard InChI is InChI=1S/C19H19ClN2O4/c20-16-12-14(22(23)24)5-6-18(16)26-19-15-4-2-1-3-13(15)11-17(19)21-7-9-25-10-8-21/h1-6,12,17,19H,7-11H2/t17-,19-/m0/s1. The summed E-state index contributed by atoms with van der Waals surface area (Å²) in [5.74, 6) is 0.470. The molecule has 1 heterocycles. The van der Waals surface area contributed by atoms with Gasteiger partial charge < -0.3 is 9.47 Å². The van der Waals surface area contributed by atoms with Gasteiger partial charge in [0, 0.05) is 25.2 Å². The van der Waals surface area contributed by atoms with Crippen LogP contribution in [0.2, 0.25) is 5.02 Å². The summed E-state index contributed by atoms with van der Waals surface area (Å²) in [6, 6.07) is 12.8. The van der Waals surface area contributed by atoms with Gasteiger partial charge in [0.15, 0.2) is 0 Å². The Hall–Kier alpha value is -2.15. The number of nitro groups is 1. The van der Waals surface area contributed by atoms with Gasteiger partial charge in [0.25, 0.3) is 5.69 Å². The Morgan fingerprint density at radius 3 is 2.69 bits per heavy atom. The Morgan fingerprint density at radius 1 is 1.19 bits per heavy atom. The van der Waals surface area contributed by atoms with Gasteiger partial charge in [0.2, 0.25) is 0 Å². The van der Waals surface area contributed by atoms with Crippen LogP contribution in [0.5, 0.6) is 5.75 Å². The molecule has 0 aromatic heterocycles. The normalized spacial score (nSPS) is 22.8. The fourth-order valence-corrected chi connectivity index (χ4v) is 3.96. The maximum Gasteiger partial charge on any atom is 0.271 e. The van der Waals surface area contributed by atoms with Gasteiger partial charge >= 0.3 is 0 Å². The maximum absolute atomic E-state index is 10.9. The number of morpholine rings is 1. The monoisotopic (exact) mass is 374 g/mol. The Bertz CT molecular complexity index is 823. The molecule has 0 amide bonds. The summed E-state index contributed by atoms with van der Waals surface area (Å²) in [5, 5.41) is 11.2. The van der Waals surface area contributed by atoms with Crippen LogP contribution in [0.4, 0.5) is 5.69 Å². The zero-order valence-electron chi connectivity index (χ0n) is 14.1. The van der Waals surface area contributed by atoms with E-state index < -0.39 is 4.92 Å². The molecule has 0 saturated carbocycles. The summed E-state index contributed by atoms with van der Waals surface area (Å²) < 4.78 is 11.8. The van der Waals surface area contributed by atoms with Crippen LogP contribution in [0.25, 0.3) is 0 Å². The largest absolute Gasteiger partial charge is 0.482 e. The van der Waals surface area contributed by atoms with Crippen LogP contribution in [0.3, 0.4) is 0 Å². The van der Waals surface area contributed by atoms with Crippen LogP contribution in [0.1, 0.15) is 17.2 Å². The maximum atomic E-state index is 10.9. The van der Waals surface area contributed by atoms with Crippen molar-refractivity contribution in [1.82, 2.24) is 4.90 Å². The van der Waals surface area contributed by atoms with Crippen molar-refractivity contribution >= 4 is 17.3 Å². The van der Waals surface area contributed by atoms with Crippen LogP contribution < -0.4 is 4.74 Å². The molecule has 0 spiro atoms. The average molecular weight is 375 g/mol. The first-order chi connectivity index (χ1) is 12.6. The second-order valence-electron chi connectivity index (χ2n) is 6.53. The zero-order chi connectivity index (χ0) is 18.1. The lowest BCUT2D eigenvalue weighted by molar-refractivity contribution is -0.384. The summed E-state index contributed by atoms with van der Waals surface area (Å²) in [6.45, 7) is 3.18. The topological polar surface area (TPSA) is 64.8 Å². The summed E-state index contributed by atoms with van der Waals surface area (Å²) in [4.78, 5) is 12.9. The van der Waals surface area contributed by atoms with Crippen molar-refractivity contribution < 1.29 is 14.4 Å². The minimum absolute atomic E-state index is 0.0427. The van der Waals surface area contributed by atoms with Gasteiger partial charge in [0.05, 0.1) is 29.2 Å². The highest BCUT2D eigenvalue weighted by atomic mass is 35.5. The molecule has 1 aliphatic carbocycles. The highest BCUT2D eigenvalue weighted by molar-refractivity contribution is 6.32. The van der Waals surface area contributed by atoms with E-state index in [0.717, 1.165) is 38.3 Å². The molecule has 4 rings (SSSR count). The number of nitrogens with zero attached hydrogens (tertiary/aromatic N) is 2. The molecule has 7 heteroatoms. The molecule has 0 N–H and O–H groups in total. The number of nitro benzene ring substituents is 1. The fraction of sp³-hybridized carbons (Fsp3) is 0.368. The molecule has 0 unspecified atom stereocenters. The zero-order valence-corrected chi connectivity index (χ0v) is 14.9. The number of rotatable bonds is 4. The third-order valence-electron chi connectivity index (χ3n) is 5.04. The van der Waals surface area contributed by atoms with Crippen molar-refractivity contribution in [2.45, 2.75) is 18.6 Å². The number of benzene rings is 2. The molecular formula is C19H19ClN2O4. The van der Waals surface area contributed by atoms with E-state index >= 15 is 0 Å². The summed E-state index contributed by atoms with van der Waals surface area (Å²) >= 11 is 6.25. The van der Waals surface area contributed by atoms with Crippen molar-refractivity contribution in [3.05, 3.63) is 68.7 Å². The molecule has 1 saturated heterocycles. The second kappa shape index (κ2) is 7.23. The lowest BCUT2D eigenvalue weighted by Gasteiger charge is -2.35. The fourth-order valence-electron chi connectivity index (χ4n) is 3.74. The van der Waals surface area contributed by atoms with Crippen molar-refractivity contribution in [2.24, 2.45) is 0 Å². The van der Waals surface area contributed by atoms with Crippen LogP contribution in [0, 0.1) is 10.1 Å². The first-order valence-corrected chi connectivity index (χ1v) is 9.01. The minimum atomic E-state index is -0.461. The smallest absolute Gasteiger partial charge is 0.271 e. The van der Waals surface area contributed by atoms with Gasteiger partial charge in [0.1, 0.15) is 11.9 Å². The molecule has 2 aliphatic rings. The summed E-state index contributed by atoms with van der Waals surface area (Å²) in [6.07, 6.45) is 0.745. The van der Waals surface area contributed by atoms with Gasteiger partial charge in [-0.1, -0.05) is 35.9 Å². The van der Waals surface area contributed by atoms with E-state index in [0.29, 0.717) is 5.75 Å². The molecule has 2 aromatic rings. The number of hydrogen-bond acceptors (Lipinski definition) is 5. The first-order valence-electron chi connectivity index (χ1n) is 8.63. The van der Waals surface area contributed by atoms with Gasteiger partial charge in [-0.3, -0.25) is 15.0 Å². The Balaban J connectivity index is 1.64. The average Bonchev–Trinajstić information content (AvgIpc) is 3.02. The van der Waals surface area contributed by atoms with Gasteiger partial charge in [-0.25, -0.2) is 0 Å². The van der Waals surface area contributed by atoms with Gasteiger partial charge in [-0.2, -0.15) is 0 Å². The van der Waals surface area contributed by atoms with E-state index in [1.807, 2.05) is 12.1 Å². The van der Waals surface area contributed by atoms with Gasteiger partial charge in [-0.05, 0) is 23.6 Å². The Labute approximate surface area is 156 Å². The first kappa shape index (κ1) is 17.3. The molecule has 26 heavy (non-hydrogen) atoms. The molecule has 136 valence electrons. The Morgan fingerprint density at radius 2 is 1.96 bits per heavy atom. The van der Waals surface area contributed by atoms with Crippen molar-refractivity contribution in [1.29, 1.82) is 0 Å². The van der Waals surface area contributed by atoms with E-state index in [-0.39, 0.29) is 22.9 Å². The van der Waals surface area contributed by atoms with E-state index in [4.69, 9.17) is 21.1 Å². The predicted octanol–water partition coefficient (Wildman–Crippen LogP) is 3.63. The summed E-state index contributed by atoms with van der Waals surface area (Å²) in [5.41, 5.74) is 2.38. The molecule has 2 aromatic carbocycles. The Kier molecular flexibility index (Phi) is 4.80. The lowest BCUT2D eigenvalue weighted by atomic mass is 10.1. The number of fused-ring (bicyclic) bond motifs is 1. The van der Waals surface area contributed by atoms with Crippen molar-refractivity contribution in [3.8, 4) is 5.75 Å².